The normalized spacial score (nSPS) is 13.4. The fourth-order valence-electron chi connectivity index (χ4n) is 1.69. The smallest absolute Gasteiger partial charge is 0.227 e. The molecule has 1 N–H and O–H groups in total. The number of hydrogen-bond acceptors (Lipinski definition) is 3. The zero-order chi connectivity index (χ0) is 16.2. The van der Waals surface area contributed by atoms with Crippen molar-refractivity contribution in [2.24, 2.45) is 0 Å². The van der Waals surface area contributed by atoms with Crippen LogP contribution in [0.4, 0.5) is 5.95 Å². The highest BCUT2D eigenvalue weighted by Gasteiger charge is 2.02. The van der Waals surface area contributed by atoms with Gasteiger partial charge in [-0.2, -0.15) is 0 Å². The second kappa shape index (κ2) is 10.1. The fourth-order valence-corrected chi connectivity index (χ4v) is 1.69. The Morgan fingerprint density at radius 1 is 1.09 bits per heavy atom. The van der Waals surface area contributed by atoms with Crippen molar-refractivity contribution in [1.82, 2.24) is 9.97 Å². The average molecular weight is 293 g/mol. The van der Waals surface area contributed by atoms with Crippen molar-refractivity contribution in [3.63, 3.8) is 0 Å². The van der Waals surface area contributed by atoms with E-state index in [1.54, 1.807) is 12.3 Å². The summed E-state index contributed by atoms with van der Waals surface area (Å²) in [5, 5.41) is 3.21. The first kappa shape index (κ1) is 17.4. The van der Waals surface area contributed by atoms with Gasteiger partial charge in [-0.3, -0.25) is 0 Å². The summed E-state index contributed by atoms with van der Waals surface area (Å²) < 4.78 is 0. The van der Waals surface area contributed by atoms with Gasteiger partial charge in [0, 0.05) is 11.9 Å². The first-order valence-electron chi connectivity index (χ1n) is 7.26. The summed E-state index contributed by atoms with van der Waals surface area (Å²) in [4.78, 5) is 8.80. The molecule has 0 amide bonds. The van der Waals surface area contributed by atoms with Crippen LogP contribution in [0, 0.1) is 0 Å². The quantitative estimate of drug-likeness (QED) is 0.713. The molecule has 1 heterocycles. The molecule has 0 aromatic carbocycles. The summed E-state index contributed by atoms with van der Waals surface area (Å²) in [5.41, 5.74) is 2.71. The van der Waals surface area contributed by atoms with Gasteiger partial charge in [0.25, 0.3) is 0 Å². The number of nitrogens with one attached hydrogen (secondary N) is 1. The van der Waals surface area contributed by atoms with Gasteiger partial charge in [-0.05, 0) is 44.6 Å². The zero-order valence-electron chi connectivity index (χ0n) is 13.5. The van der Waals surface area contributed by atoms with Crippen molar-refractivity contribution in [3.8, 4) is 0 Å². The van der Waals surface area contributed by atoms with Gasteiger partial charge in [0.05, 0.1) is 5.69 Å². The highest BCUT2D eigenvalue weighted by atomic mass is 15.1. The lowest BCUT2D eigenvalue weighted by Gasteiger charge is -2.07. The van der Waals surface area contributed by atoms with Gasteiger partial charge in [0.15, 0.2) is 0 Å². The predicted molar refractivity (Wildman–Crippen MR) is 96.4 cm³/mol. The van der Waals surface area contributed by atoms with Crippen LogP contribution in [0.1, 0.15) is 26.5 Å². The molecule has 114 valence electrons. The minimum absolute atomic E-state index is 0.555. The maximum absolute atomic E-state index is 4.53. The molecule has 0 atom stereocenters. The van der Waals surface area contributed by atoms with E-state index >= 15 is 0 Å². The van der Waals surface area contributed by atoms with Crippen LogP contribution in [0.25, 0.3) is 5.57 Å². The highest BCUT2D eigenvalue weighted by Crippen LogP contribution is 2.15. The third-order valence-electron chi connectivity index (χ3n) is 2.71. The lowest BCUT2D eigenvalue weighted by Crippen LogP contribution is -2.03. The van der Waals surface area contributed by atoms with Crippen molar-refractivity contribution in [1.29, 1.82) is 0 Å². The maximum Gasteiger partial charge on any atom is 0.227 e. The standard InChI is InChI=1S/C19H23N3/c1-5-9-12-16(8-4)18-14-15-20-19(22-18)21-17(11-7-3)13-10-6-2/h5-15H,4H2,1-3H3,(H,20,21,22)/b9-5-,10-6-,11-7-,16-12+,17-13+. The third-order valence-corrected chi connectivity index (χ3v) is 2.71. The van der Waals surface area contributed by atoms with Crippen LogP contribution < -0.4 is 5.32 Å². The molecule has 3 heteroatoms. The molecule has 0 saturated heterocycles. The third kappa shape index (κ3) is 5.75. The lowest BCUT2D eigenvalue weighted by molar-refractivity contribution is 1.13. The molecule has 0 bridgehead atoms. The van der Waals surface area contributed by atoms with Crippen LogP contribution in [0.2, 0.25) is 0 Å². The van der Waals surface area contributed by atoms with E-state index in [0.29, 0.717) is 5.95 Å². The summed E-state index contributed by atoms with van der Waals surface area (Å²) in [6.07, 6.45) is 19.3. The van der Waals surface area contributed by atoms with Gasteiger partial charge in [-0.1, -0.05) is 49.1 Å². The molecule has 1 aromatic heterocycles. The Kier molecular flexibility index (Phi) is 7.98. The van der Waals surface area contributed by atoms with Gasteiger partial charge < -0.3 is 5.32 Å². The van der Waals surface area contributed by atoms with Crippen LogP contribution in [0.15, 0.2) is 79.2 Å². The number of hydrogen-bond donors (Lipinski definition) is 1. The molecule has 0 fully saturated rings. The SMILES string of the molecule is C=C/C(=C\C=C/C)c1ccnc(NC(/C=C\C)=C/C=C\C)n1. The van der Waals surface area contributed by atoms with Gasteiger partial charge >= 0.3 is 0 Å². The van der Waals surface area contributed by atoms with Crippen LogP contribution in [-0.2, 0) is 0 Å². The van der Waals surface area contributed by atoms with Gasteiger partial charge in [0.2, 0.25) is 5.95 Å². The van der Waals surface area contributed by atoms with Crippen LogP contribution in [-0.4, -0.2) is 9.97 Å². The first-order chi connectivity index (χ1) is 10.7. The van der Waals surface area contributed by atoms with Crippen LogP contribution in [0.5, 0.6) is 0 Å². The van der Waals surface area contributed by atoms with E-state index in [1.165, 1.54) is 0 Å². The van der Waals surface area contributed by atoms with Crippen LogP contribution in [0.3, 0.4) is 0 Å². The van der Waals surface area contributed by atoms with Crippen molar-refractivity contribution < 1.29 is 0 Å². The summed E-state index contributed by atoms with van der Waals surface area (Å²) in [7, 11) is 0. The molecule has 0 radical (unpaired) electrons. The number of rotatable bonds is 7. The minimum Gasteiger partial charge on any atom is -0.324 e. The van der Waals surface area contributed by atoms with E-state index in [1.807, 2.05) is 75.4 Å². The van der Waals surface area contributed by atoms with Gasteiger partial charge in [0.1, 0.15) is 0 Å². The van der Waals surface area contributed by atoms with E-state index in [4.69, 9.17) is 0 Å². The predicted octanol–water partition coefficient (Wildman–Crippen LogP) is 5.07. The van der Waals surface area contributed by atoms with E-state index in [0.717, 1.165) is 17.0 Å². The molecule has 22 heavy (non-hydrogen) atoms. The van der Waals surface area contributed by atoms with E-state index in [2.05, 4.69) is 21.9 Å². The Morgan fingerprint density at radius 3 is 2.45 bits per heavy atom. The minimum atomic E-state index is 0.555. The summed E-state index contributed by atoms with van der Waals surface area (Å²) >= 11 is 0. The second-order valence-electron chi connectivity index (χ2n) is 4.39. The Labute approximate surface area is 133 Å². The Balaban J connectivity index is 3.07. The molecule has 0 aliphatic carbocycles. The Morgan fingerprint density at radius 2 is 1.82 bits per heavy atom. The monoisotopic (exact) mass is 293 g/mol. The molecule has 0 aliphatic heterocycles. The summed E-state index contributed by atoms with van der Waals surface area (Å²) in [6.45, 7) is 9.75. The largest absolute Gasteiger partial charge is 0.324 e. The highest BCUT2D eigenvalue weighted by molar-refractivity contribution is 5.72. The average Bonchev–Trinajstić information content (AvgIpc) is 2.54. The van der Waals surface area contributed by atoms with E-state index in [-0.39, 0.29) is 0 Å². The van der Waals surface area contributed by atoms with Crippen molar-refractivity contribution in [2.75, 3.05) is 5.32 Å². The maximum atomic E-state index is 4.53. The second-order valence-corrected chi connectivity index (χ2v) is 4.39. The molecule has 1 rings (SSSR count). The van der Waals surface area contributed by atoms with Crippen molar-refractivity contribution in [2.45, 2.75) is 20.8 Å². The van der Waals surface area contributed by atoms with Gasteiger partial charge in [-0.25, -0.2) is 9.97 Å². The number of nitrogens with zero attached hydrogens (tertiary/aromatic N) is 2. The van der Waals surface area contributed by atoms with Crippen molar-refractivity contribution >= 4 is 11.5 Å². The van der Waals surface area contributed by atoms with E-state index < -0.39 is 0 Å². The molecule has 3 nitrogen and oxygen atoms in total. The lowest BCUT2D eigenvalue weighted by atomic mass is 10.1. The molecule has 0 aliphatic rings. The molecule has 0 saturated carbocycles. The summed E-state index contributed by atoms with van der Waals surface area (Å²) in [6, 6.07) is 1.87. The molecule has 1 aromatic rings. The van der Waals surface area contributed by atoms with Gasteiger partial charge in [-0.15, -0.1) is 0 Å². The van der Waals surface area contributed by atoms with Crippen LogP contribution >= 0.6 is 0 Å². The van der Waals surface area contributed by atoms with Crippen molar-refractivity contribution in [3.05, 3.63) is 84.9 Å². The molecule has 0 spiro atoms. The number of anilines is 1. The molecule has 0 unspecified atom stereocenters. The van der Waals surface area contributed by atoms with E-state index in [9.17, 15) is 0 Å². The molecular formula is C19H23N3. The number of aromatic nitrogens is 2. The topological polar surface area (TPSA) is 37.8 Å². The summed E-state index contributed by atoms with van der Waals surface area (Å²) in [5.74, 6) is 0.555. The molecular weight excluding hydrogens is 270 g/mol. The first-order valence-corrected chi connectivity index (χ1v) is 7.26. The number of allylic oxidation sites excluding steroid dienone is 10. The fraction of sp³-hybridized carbons (Fsp3) is 0.158. The Bertz CT molecular complexity index is 632. The Hall–Kier alpha value is -2.68. The zero-order valence-corrected chi connectivity index (χ0v) is 13.5.